The molecule has 2 N–H and O–H groups in total. The molecule has 28 heavy (non-hydrogen) atoms. The second-order valence-electron chi connectivity index (χ2n) is 7.51. The van der Waals surface area contributed by atoms with E-state index in [2.05, 4.69) is 20.6 Å². The summed E-state index contributed by atoms with van der Waals surface area (Å²) in [5, 5.41) is 6.89. The number of nitrogens with zero attached hydrogens (tertiary/aromatic N) is 2. The quantitative estimate of drug-likeness (QED) is 0.643. The molecule has 0 bridgehead atoms. The van der Waals surface area contributed by atoms with Gasteiger partial charge in [-0.15, -0.1) is 0 Å². The number of hydrogen-bond acceptors (Lipinski definition) is 4. The summed E-state index contributed by atoms with van der Waals surface area (Å²) in [5.41, 5.74) is 1.93. The summed E-state index contributed by atoms with van der Waals surface area (Å²) >= 11 is 5.90. The van der Waals surface area contributed by atoms with Gasteiger partial charge in [0.05, 0.1) is 0 Å². The highest BCUT2D eigenvalue weighted by atomic mass is 35.5. The molecule has 0 atom stereocenters. The molecule has 3 rings (SSSR count). The Hall–Kier alpha value is -2.92. The van der Waals surface area contributed by atoms with Crippen LogP contribution in [0.25, 0.3) is 11.4 Å². The van der Waals surface area contributed by atoms with Crippen molar-refractivity contribution in [2.75, 3.05) is 5.32 Å². The van der Waals surface area contributed by atoms with Crippen molar-refractivity contribution in [1.82, 2.24) is 15.3 Å². The van der Waals surface area contributed by atoms with Gasteiger partial charge >= 0.3 is 0 Å². The number of hydrogen-bond donors (Lipinski definition) is 2. The van der Waals surface area contributed by atoms with Crippen LogP contribution in [0.1, 0.15) is 36.8 Å². The van der Waals surface area contributed by atoms with E-state index < -0.39 is 0 Å². The van der Waals surface area contributed by atoms with Crippen molar-refractivity contribution in [3.05, 3.63) is 76.9 Å². The zero-order valence-corrected chi connectivity index (χ0v) is 16.9. The molecule has 0 spiro atoms. The van der Waals surface area contributed by atoms with Crippen LogP contribution in [0.2, 0.25) is 5.02 Å². The first-order valence-corrected chi connectivity index (χ1v) is 9.43. The van der Waals surface area contributed by atoms with E-state index in [1.54, 1.807) is 18.2 Å². The maximum Gasteiger partial charge on any atom is 0.270 e. The third kappa shape index (κ3) is 5.54. The van der Waals surface area contributed by atoms with Crippen molar-refractivity contribution >= 4 is 23.3 Å². The molecule has 0 fully saturated rings. The number of rotatable bonds is 5. The second kappa shape index (κ2) is 8.40. The van der Waals surface area contributed by atoms with Crippen molar-refractivity contribution < 1.29 is 4.79 Å². The standard InChI is InChI=1S/C22H23ClN4O/c1-22(2,3)27-19-13-18(25-20(26-19)16-7-5-4-6-8-16)21(28)24-14-15-9-11-17(23)12-10-15/h4-13H,14H2,1-3H3,(H,24,28)(H,25,26,27). The Morgan fingerprint density at radius 3 is 2.32 bits per heavy atom. The Balaban J connectivity index is 1.86. The first-order valence-electron chi connectivity index (χ1n) is 9.05. The van der Waals surface area contributed by atoms with Gasteiger partial charge in [0.25, 0.3) is 5.91 Å². The third-order valence-corrected chi connectivity index (χ3v) is 4.11. The zero-order valence-electron chi connectivity index (χ0n) is 16.2. The fraction of sp³-hybridized carbons (Fsp3) is 0.227. The molecule has 1 aromatic heterocycles. The Labute approximate surface area is 170 Å². The van der Waals surface area contributed by atoms with E-state index in [9.17, 15) is 4.79 Å². The lowest BCUT2D eigenvalue weighted by atomic mass is 10.1. The minimum atomic E-state index is -0.258. The lowest BCUT2D eigenvalue weighted by Crippen LogP contribution is -2.28. The highest BCUT2D eigenvalue weighted by Gasteiger charge is 2.16. The monoisotopic (exact) mass is 394 g/mol. The molecule has 5 nitrogen and oxygen atoms in total. The van der Waals surface area contributed by atoms with Crippen LogP contribution in [-0.2, 0) is 6.54 Å². The molecule has 6 heteroatoms. The Morgan fingerprint density at radius 2 is 1.68 bits per heavy atom. The molecule has 0 saturated carbocycles. The summed E-state index contributed by atoms with van der Waals surface area (Å²) in [6.45, 7) is 6.51. The molecule has 0 aliphatic heterocycles. The highest BCUT2D eigenvalue weighted by Crippen LogP contribution is 2.20. The smallest absolute Gasteiger partial charge is 0.270 e. The van der Waals surface area contributed by atoms with Gasteiger partial charge in [0.1, 0.15) is 11.5 Å². The number of halogens is 1. The maximum atomic E-state index is 12.7. The molecule has 1 heterocycles. The molecule has 0 unspecified atom stereocenters. The van der Waals surface area contributed by atoms with E-state index in [-0.39, 0.29) is 11.4 Å². The van der Waals surface area contributed by atoms with E-state index in [4.69, 9.17) is 11.6 Å². The molecular formula is C22H23ClN4O. The van der Waals surface area contributed by atoms with E-state index in [1.165, 1.54) is 0 Å². The van der Waals surface area contributed by atoms with Gasteiger partial charge in [0.15, 0.2) is 5.82 Å². The van der Waals surface area contributed by atoms with Crippen molar-refractivity contribution in [1.29, 1.82) is 0 Å². The molecule has 0 aliphatic rings. The molecular weight excluding hydrogens is 372 g/mol. The molecule has 0 radical (unpaired) electrons. The number of carbonyl (C=O) groups excluding carboxylic acids is 1. The Kier molecular flexibility index (Phi) is 5.95. The summed E-state index contributed by atoms with van der Waals surface area (Å²) in [4.78, 5) is 21.8. The van der Waals surface area contributed by atoms with Crippen molar-refractivity contribution in [2.24, 2.45) is 0 Å². The number of aromatic nitrogens is 2. The topological polar surface area (TPSA) is 66.9 Å². The van der Waals surface area contributed by atoms with Gasteiger partial charge in [0, 0.05) is 28.7 Å². The first kappa shape index (κ1) is 19.8. The van der Waals surface area contributed by atoms with Crippen LogP contribution in [0.15, 0.2) is 60.7 Å². The summed E-state index contributed by atoms with van der Waals surface area (Å²) in [7, 11) is 0. The minimum absolute atomic E-state index is 0.195. The lowest BCUT2D eigenvalue weighted by Gasteiger charge is -2.22. The van der Waals surface area contributed by atoms with Gasteiger partial charge in [0.2, 0.25) is 0 Å². The second-order valence-corrected chi connectivity index (χ2v) is 7.95. The number of amides is 1. The van der Waals surface area contributed by atoms with Crippen molar-refractivity contribution in [3.63, 3.8) is 0 Å². The summed E-state index contributed by atoms with van der Waals surface area (Å²) in [6.07, 6.45) is 0. The third-order valence-electron chi connectivity index (χ3n) is 3.86. The van der Waals surface area contributed by atoms with E-state index in [0.29, 0.717) is 28.9 Å². The van der Waals surface area contributed by atoms with Crippen LogP contribution in [0.3, 0.4) is 0 Å². The number of anilines is 1. The molecule has 0 aliphatic carbocycles. The van der Waals surface area contributed by atoms with Crippen molar-refractivity contribution in [2.45, 2.75) is 32.9 Å². The molecule has 144 valence electrons. The fourth-order valence-electron chi connectivity index (χ4n) is 2.60. The van der Waals surface area contributed by atoms with Gasteiger partial charge in [-0.25, -0.2) is 9.97 Å². The largest absolute Gasteiger partial charge is 0.365 e. The van der Waals surface area contributed by atoms with Crippen LogP contribution < -0.4 is 10.6 Å². The molecule has 1 amide bonds. The molecule has 2 aromatic carbocycles. The van der Waals surface area contributed by atoms with E-state index in [1.807, 2.05) is 63.2 Å². The normalized spacial score (nSPS) is 11.1. The van der Waals surface area contributed by atoms with Crippen molar-refractivity contribution in [3.8, 4) is 11.4 Å². The predicted octanol–water partition coefficient (Wildman–Crippen LogP) is 4.94. The average molecular weight is 395 g/mol. The van der Waals surface area contributed by atoms with Crippen LogP contribution >= 0.6 is 11.6 Å². The summed E-state index contributed by atoms with van der Waals surface area (Å²) in [6, 6.07) is 18.6. The summed E-state index contributed by atoms with van der Waals surface area (Å²) in [5.74, 6) is 0.857. The van der Waals surface area contributed by atoms with E-state index >= 15 is 0 Å². The highest BCUT2D eigenvalue weighted by molar-refractivity contribution is 6.30. The summed E-state index contributed by atoms with van der Waals surface area (Å²) < 4.78 is 0. The molecule has 0 saturated heterocycles. The van der Waals surface area contributed by atoms with Gasteiger partial charge in [-0.05, 0) is 38.5 Å². The SMILES string of the molecule is CC(C)(C)Nc1cc(C(=O)NCc2ccc(Cl)cc2)nc(-c2ccccc2)n1. The Bertz CT molecular complexity index is 951. The zero-order chi connectivity index (χ0) is 20.1. The average Bonchev–Trinajstić information content (AvgIpc) is 2.66. The number of carbonyl (C=O) groups is 1. The Morgan fingerprint density at radius 1 is 1.00 bits per heavy atom. The van der Waals surface area contributed by atoms with Crippen LogP contribution in [0.5, 0.6) is 0 Å². The maximum absolute atomic E-state index is 12.7. The van der Waals surface area contributed by atoms with Gasteiger partial charge in [-0.2, -0.15) is 0 Å². The number of benzene rings is 2. The fourth-order valence-corrected chi connectivity index (χ4v) is 2.73. The minimum Gasteiger partial charge on any atom is -0.365 e. The van der Waals surface area contributed by atoms with Gasteiger partial charge < -0.3 is 10.6 Å². The molecule has 3 aromatic rings. The van der Waals surface area contributed by atoms with Gasteiger partial charge in [-0.3, -0.25) is 4.79 Å². The van der Waals surface area contributed by atoms with Crippen LogP contribution in [-0.4, -0.2) is 21.4 Å². The van der Waals surface area contributed by atoms with E-state index in [0.717, 1.165) is 11.1 Å². The van der Waals surface area contributed by atoms with Crippen LogP contribution in [0.4, 0.5) is 5.82 Å². The number of nitrogens with one attached hydrogen (secondary N) is 2. The van der Waals surface area contributed by atoms with Crippen LogP contribution in [0, 0.1) is 0 Å². The lowest BCUT2D eigenvalue weighted by molar-refractivity contribution is 0.0946. The van der Waals surface area contributed by atoms with Gasteiger partial charge in [-0.1, -0.05) is 54.1 Å². The predicted molar refractivity (Wildman–Crippen MR) is 113 cm³/mol. The first-order chi connectivity index (χ1) is 13.3.